The number of rotatable bonds is 21. The number of aryl methyl sites for hydroxylation is 1. The van der Waals surface area contributed by atoms with Crippen LogP contribution in [0.15, 0.2) is 72.8 Å². The topological polar surface area (TPSA) is 200 Å². The van der Waals surface area contributed by atoms with Gasteiger partial charge in [0.1, 0.15) is 33.6 Å². The molecule has 1 N–H and O–H groups in total. The molecule has 3 fully saturated rings. The zero-order valence-corrected chi connectivity index (χ0v) is 57.5. The maximum Gasteiger partial charge on any atom is 0.410 e. The van der Waals surface area contributed by atoms with E-state index in [9.17, 15) is 33.6 Å². The lowest BCUT2D eigenvalue weighted by molar-refractivity contribution is -0.163. The van der Waals surface area contributed by atoms with E-state index in [1.165, 1.54) is 0 Å². The molecule has 3 aliphatic rings. The summed E-state index contributed by atoms with van der Waals surface area (Å²) in [6.45, 7) is 36.7. The zero-order chi connectivity index (χ0) is 66.7. The van der Waals surface area contributed by atoms with Gasteiger partial charge in [0, 0.05) is 71.0 Å². The number of ether oxygens (including phenoxy) is 6. The van der Waals surface area contributed by atoms with Gasteiger partial charge < -0.3 is 53.3 Å². The number of esters is 3. The lowest BCUT2D eigenvalue weighted by Crippen LogP contribution is -2.38. The van der Waals surface area contributed by atoms with Gasteiger partial charge in [-0.3, -0.25) is 19.2 Å². The van der Waals surface area contributed by atoms with Crippen molar-refractivity contribution >= 4 is 47.8 Å². The molecule has 6 atom stereocenters. The van der Waals surface area contributed by atoms with Gasteiger partial charge in [-0.2, -0.15) is 0 Å². The number of carbonyl (C=O) groups excluding carboxylic acids is 7. The Morgan fingerprint density at radius 1 is 0.444 bits per heavy atom. The first kappa shape index (κ1) is 72.2. The number of anilines is 1. The van der Waals surface area contributed by atoms with Gasteiger partial charge in [-0.15, -0.1) is 0 Å². The third-order valence-corrected chi connectivity index (χ3v) is 15.8. The van der Waals surface area contributed by atoms with Crippen molar-refractivity contribution in [2.75, 3.05) is 57.7 Å². The molecule has 0 bridgehead atoms. The third-order valence-electron chi connectivity index (χ3n) is 15.8. The molecule has 498 valence electrons. The second-order valence-electron chi connectivity index (χ2n) is 31.0. The Morgan fingerprint density at radius 2 is 0.767 bits per heavy atom. The van der Waals surface area contributed by atoms with E-state index in [2.05, 4.69) is 17.4 Å². The van der Waals surface area contributed by atoms with Gasteiger partial charge in [-0.1, -0.05) is 60.7 Å². The van der Waals surface area contributed by atoms with Crippen LogP contribution in [-0.4, -0.2) is 148 Å². The standard InChI is InChI=1S/C72H107N5O13/c1-67(2,3)85-61(79)57(53-30-34-75(45-53)64(82)88-70(10,11)12)41-49-23-19-22-48(38-49)28-29-60(78)74(44-52-26-20-24-50(39-52)42-58(62(80)86-68(4,5)6)54-31-35-76(46-54)65(83)89-71(13,14)15)37-33-73-56-27-21-25-51(40-56)43-59(63(81)87-69(7,8)9)55-32-36-77(47-55)66(84)90-72(16,17)18/h19-27,38-40,53-55,57-59,73H,28-37,41-47H2,1-18H3/t53-,54-,55-,57-,58-,59-/m0/s1. The number of carbonyl (C=O) groups is 7. The van der Waals surface area contributed by atoms with E-state index in [1.807, 2.05) is 190 Å². The zero-order valence-electron chi connectivity index (χ0n) is 57.5. The number of likely N-dealkylation sites (tertiary alicyclic amines) is 3. The van der Waals surface area contributed by atoms with Crippen LogP contribution in [0.5, 0.6) is 0 Å². The lowest BCUT2D eigenvalue weighted by Gasteiger charge is -2.28. The first-order valence-corrected chi connectivity index (χ1v) is 32.5. The molecule has 90 heavy (non-hydrogen) atoms. The van der Waals surface area contributed by atoms with Crippen LogP contribution in [0.1, 0.15) is 178 Å². The van der Waals surface area contributed by atoms with Gasteiger partial charge in [0.2, 0.25) is 5.91 Å². The van der Waals surface area contributed by atoms with Crippen LogP contribution in [0.25, 0.3) is 0 Å². The van der Waals surface area contributed by atoms with Gasteiger partial charge >= 0.3 is 36.2 Å². The normalized spacial score (nSPS) is 18.5. The van der Waals surface area contributed by atoms with Gasteiger partial charge in [0.15, 0.2) is 0 Å². The molecule has 3 aliphatic heterocycles. The Bertz CT molecular complexity index is 2950. The molecule has 18 nitrogen and oxygen atoms in total. The van der Waals surface area contributed by atoms with Crippen molar-refractivity contribution in [2.24, 2.45) is 35.5 Å². The van der Waals surface area contributed by atoms with Crippen LogP contribution >= 0.6 is 0 Å². The predicted octanol–water partition coefficient (Wildman–Crippen LogP) is 13.0. The molecule has 6 rings (SSSR count). The Morgan fingerprint density at radius 3 is 1.13 bits per heavy atom. The van der Waals surface area contributed by atoms with E-state index >= 15 is 0 Å². The van der Waals surface area contributed by atoms with E-state index in [1.54, 1.807) is 14.7 Å². The SMILES string of the molecule is CC(C)(C)OC(=O)[C@@H](Cc1cccc(CCC(=O)N(CCNc2cccc(C[C@H](C(=O)OC(C)(C)C)[C@H]3CCN(C(=O)OC(C)(C)C)C3)c2)Cc2cccc(C[C@H](C(=O)OC(C)(C)C)[C@H]3CCN(C(=O)OC(C)(C)C)C3)c2)c1)[C@H]1CCN(C(=O)OC(C)(C)C)C1. The second kappa shape index (κ2) is 30.1. The number of benzene rings is 3. The summed E-state index contributed by atoms with van der Waals surface area (Å²) in [5, 5.41) is 3.56. The second-order valence-corrected chi connectivity index (χ2v) is 31.0. The van der Waals surface area contributed by atoms with Crippen LogP contribution in [0.2, 0.25) is 0 Å². The summed E-state index contributed by atoms with van der Waals surface area (Å²) in [5.41, 5.74) is 1.26. The minimum Gasteiger partial charge on any atom is -0.460 e. The summed E-state index contributed by atoms with van der Waals surface area (Å²) in [7, 11) is 0. The van der Waals surface area contributed by atoms with Crippen LogP contribution in [0.4, 0.5) is 20.1 Å². The Kier molecular flexibility index (Phi) is 24.1. The highest BCUT2D eigenvalue weighted by Crippen LogP contribution is 2.35. The Hall–Kier alpha value is -6.85. The molecule has 0 saturated carbocycles. The number of amides is 4. The largest absolute Gasteiger partial charge is 0.460 e. The molecule has 3 aromatic carbocycles. The van der Waals surface area contributed by atoms with Crippen LogP contribution < -0.4 is 5.32 Å². The average molecular weight is 1250 g/mol. The van der Waals surface area contributed by atoms with Gasteiger partial charge in [-0.05, 0) is 227 Å². The first-order chi connectivity index (χ1) is 41.6. The number of hydrogen-bond donors (Lipinski definition) is 1. The summed E-state index contributed by atoms with van der Waals surface area (Å²) in [6, 6.07) is 23.9. The molecular formula is C72H107N5O13. The smallest absolute Gasteiger partial charge is 0.410 e. The van der Waals surface area contributed by atoms with Gasteiger partial charge in [0.05, 0.1) is 17.8 Å². The molecule has 18 heteroatoms. The van der Waals surface area contributed by atoms with Crippen molar-refractivity contribution in [3.8, 4) is 0 Å². The quantitative estimate of drug-likeness (QED) is 0.0780. The molecule has 0 aromatic heterocycles. The highest BCUT2D eigenvalue weighted by molar-refractivity contribution is 5.78. The van der Waals surface area contributed by atoms with Gasteiger partial charge in [-0.25, -0.2) is 14.4 Å². The fraction of sp³-hybridized carbons (Fsp3) is 0.653. The van der Waals surface area contributed by atoms with Crippen molar-refractivity contribution in [1.82, 2.24) is 19.6 Å². The van der Waals surface area contributed by atoms with Crippen LogP contribution in [0, 0.1) is 35.5 Å². The van der Waals surface area contributed by atoms with Gasteiger partial charge in [0.25, 0.3) is 0 Å². The van der Waals surface area contributed by atoms with Crippen molar-refractivity contribution in [3.63, 3.8) is 0 Å². The lowest BCUT2D eigenvalue weighted by atomic mass is 9.85. The maximum atomic E-state index is 14.8. The maximum absolute atomic E-state index is 14.8. The summed E-state index contributed by atoms with van der Waals surface area (Å²) < 4.78 is 35.1. The molecule has 3 heterocycles. The van der Waals surface area contributed by atoms with Crippen LogP contribution in [0.3, 0.4) is 0 Å². The van der Waals surface area contributed by atoms with Crippen molar-refractivity contribution in [2.45, 2.75) is 216 Å². The predicted molar refractivity (Wildman–Crippen MR) is 348 cm³/mol. The summed E-state index contributed by atoms with van der Waals surface area (Å²) >= 11 is 0. The number of nitrogens with one attached hydrogen (secondary N) is 1. The molecular weight excluding hydrogens is 1140 g/mol. The molecule has 0 aliphatic carbocycles. The van der Waals surface area contributed by atoms with E-state index in [4.69, 9.17) is 28.4 Å². The average Bonchev–Trinajstić information content (AvgIpc) is 1.73. The third kappa shape index (κ3) is 24.1. The Labute approximate surface area is 537 Å². The first-order valence-electron chi connectivity index (χ1n) is 32.5. The molecule has 3 saturated heterocycles. The van der Waals surface area contributed by atoms with E-state index in [0.717, 1.165) is 33.5 Å². The van der Waals surface area contributed by atoms with E-state index in [-0.39, 0.29) is 54.5 Å². The summed E-state index contributed by atoms with van der Waals surface area (Å²) in [6.07, 6.45) is 2.45. The Balaban J connectivity index is 1.23. The number of nitrogens with zero attached hydrogens (tertiary/aromatic N) is 4. The molecule has 0 unspecified atom stereocenters. The van der Waals surface area contributed by atoms with Crippen molar-refractivity contribution in [3.05, 3.63) is 101 Å². The molecule has 3 aromatic rings. The fourth-order valence-corrected chi connectivity index (χ4v) is 11.9. The monoisotopic (exact) mass is 1250 g/mol. The summed E-state index contributed by atoms with van der Waals surface area (Å²) in [5.74, 6) is -3.07. The van der Waals surface area contributed by atoms with E-state index in [0.29, 0.717) is 97.3 Å². The van der Waals surface area contributed by atoms with E-state index < -0.39 is 69.6 Å². The molecule has 0 spiro atoms. The van der Waals surface area contributed by atoms with Crippen molar-refractivity contribution < 1.29 is 62.0 Å². The minimum atomic E-state index is -0.728. The molecule has 4 amide bonds. The highest BCUT2D eigenvalue weighted by atomic mass is 16.6. The van der Waals surface area contributed by atoms with Crippen molar-refractivity contribution in [1.29, 1.82) is 0 Å². The fourth-order valence-electron chi connectivity index (χ4n) is 11.9. The molecule has 0 radical (unpaired) electrons. The number of hydrogen-bond acceptors (Lipinski definition) is 14. The summed E-state index contributed by atoms with van der Waals surface area (Å²) in [4.78, 5) is 103. The minimum absolute atomic E-state index is 0.0711. The highest BCUT2D eigenvalue weighted by Gasteiger charge is 2.43. The van der Waals surface area contributed by atoms with Crippen LogP contribution in [-0.2, 0) is 79.8 Å².